The highest BCUT2D eigenvalue weighted by Gasteiger charge is 1.87. The molecule has 0 atom stereocenters. The third-order valence-corrected chi connectivity index (χ3v) is 0.985. The predicted molar refractivity (Wildman–Crippen MR) is 41.0 cm³/mol. The van der Waals surface area contributed by atoms with Crippen molar-refractivity contribution in [3.05, 3.63) is 0 Å². The first-order valence-corrected chi connectivity index (χ1v) is 3.43. The lowest BCUT2D eigenvalue weighted by atomic mass is 10.4. The van der Waals surface area contributed by atoms with Crippen molar-refractivity contribution in [1.82, 2.24) is 5.32 Å². The van der Waals surface area contributed by atoms with Crippen molar-refractivity contribution in [1.29, 1.82) is 5.41 Å². The molecule has 0 spiro atoms. The van der Waals surface area contributed by atoms with Gasteiger partial charge in [0.25, 0.3) is 0 Å². The molecule has 10 heavy (non-hydrogen) atoms. The minimum Gasteiger partial charge on any atom is -0.382 e. The molecule has 0 aromatic carbocycles. The molecule has 60 valence electrons. The van der Waals surface area contributed by atoms with Crippen molar-refractivity contribution in [2.45, 2.75) is 13.3 Å². The van der Waals surface area contributed by atoms with E-state index >= 15 is 0 Å². The maximum absolute atomic E-state index is 6.80. The van der Waals surface area contributed by atoms with E-state index in [0.717, 1.165) is 26.2 Å². The molecule has 0 aliphatic carbocycles. The average Bonchev–Trinajstić information content (AvgIpc) is 1.87. The van der Waals surface area contributed by atoms with E-state index in [9.17, 15) is 0 Å². The van der Waals surface area contributed by atoms with E-state index in [4.69, 9.17) is 15.9 Å². The van der Waals surface area contributed by atoms with E-state index in [-0.39, 0.29) is 5.96 Å². The van der Waals surface area contributed by atoms with Crippen LogP contribution in [-0.4, -0.2) is 25.7 Å². The van der Waals surface area contributed by atoms with E-state index in [1.807, 2.05) is 6.92 Å². The van der Waals surface area contributed by atoms with Gasteiger partial charge in [0.1, 0.15) is 0 Å². The first-order valence-electron chi connectivity index (χ1n) is 3.43. The zero-order chi connectivity index (χ0) is 7.82. The summed E-state index contributed by atoms with van der Waals surface area (Å²) in [5.74, 6) is 0.0245. The van der Waals surface area contributed by atoms with Gasteiger partial charge in [0.2, 0.25) is 0 Å². The van der Waals surface area contributed by atoms with E-state index in [1.54, 1.807) is 0 Å². The largest absolute Gasteiger partial charge is 0.382 e. The molecule has 4 nitrogen and oxygen atoms in total. The lowest BCUT2D eigenvalue weighted by molar-refractivity contribution is 0.145. The summed E-state index contributed by atoms with van der Waals surface area (Å²) in [7, 11) is 0. The fraction of sp³-hybridized carbons (Fsp3) is 0.833. The zero-order valence-electron chi connectivity index (χ0n) is 6.31. The number of nitrogens with two attached hydrogens (primary N) is 1. The third kappa shape index (κ3) is 7.23. The van der Waals surface area contributed by atoms with Crippen LogP contribution < -0.4 is 11.1 Å². The summed E-state index contributed by atoms with van der Waals surface area (Å²) in [5.41, 5.74) is 5.04. The minimum absolute atomic E-state index is 0.0245. The summed E-state index contributed by atoms with van der Waals surface area (Å²) in [6.07, 6.45) is 0.896. The Morgan fingerprint density at radius 3 is 2.90 bits per heavy atom. The van der Waals surface area contributed by atoms with Crippen LogP contribution in [0.5, 0.6) is 0 Å². The molecule has 0 aliphatic rings. The minimum atomic E-state index is 0.0245. The Bertz CT molecular complexity index is 95.0. The molecule has 0 aliphatic heterocycles. The van der Waals surface area contributed by atoms with Crippen LogP contribution >= 0.6 is 0 Å². The maximum Gasteiger partial charge on any atom is 0.185 e. The van der Waals surface area contributed by atoms with Gasteiger partial charge in [0, 0.05) is 19.8 Å². The topological polar surface area (TPSA) is 71.1 Å². The molecule has 0 bridgehead atoms. The lowest BCUT2D eigenvalue weighted by Gasteiger charge is -2.02. The average molecular weight is 145 g/mol. The summed E-state index contributed by atoms with van der Waals surface area (Å²) in [5, 5.41) is 9.49. The van der Waals surface area contributed by atoms with Crippen LogP contribution in [0.25, 0.3) is 0 Å². The Morgan fingerprint density at radius 1 is 1.70 bits per heavy atom. The number of guanidine groups is 1. The van der Waals surface area contributed by atoms with Gasteiger partial charge in [0.05, 0.1) is 0 Å². The highest BCUT2D eigenvalue weighted by molar-refractivity contribution is 5.74. The molecular formula is C6H15N3O. The van der Waals surface area contributed by atoms with E-state index < -0.39 is 0 Å². The zero-order valence-corrected chi connectivity index (χ0v) is 6.31. The normalized spacial score (nSPS) is 9.30. The monoisotopic (exact) mass is 145 g/mol. The second-order valence-corrected chi connectivity index (χ2v) is 1.89. The SMILES string of the molecule is CCOCCCNC(=N)N. The summed E-state index contributed by atoms with van der Waals surface area (Å²) < 4.78 is 5.06. The standard InChI is InChI=1S/C6H15N3O/c1-2-10-5-3-4-9-6(7)8/h2-5H2,1H3,(H4,7,8,9). The summed E-state index contributed by atoms with van der Waals surface area (Å²) in [6.45, 7) is 4.16. The molecule has 4 N–H and O–H groups in total. The third-order valence-electron chi connectivity index (χ3n) is 0.985. The molecule has 0 heterocycles. The fourth-order valence-corrected chi connectivity index (χ4v) is 0.542. The Labute approximate surface area is 61.3 Å². The number of nitrogens with one attached hydrogen (secondary N) is 2. The second-order valence-electron chi connectivity index (χ2n) is 1.89. The molecule has 4 heteroatoms. The van der Waals surface area contributed by atoms with Crippen LogP contribution in [-0.2, 0) is 4.74 Å². The molecular weight excluding hydrogens is 130 g/mol. The van der Waals surface area contributed by atoms with Crippen LogP contribution in [0.15, 0.2) is 0 Å². The smallest absolute Gasteiger partial charge is 0.185 e. The maximum atomic E-state index is 6.80. The fourth-order valence-electron chi connectivity index (χ4n) is 0.542. The predicted octanol–water partition coefficient (Wildman–Crippen LogP) is -0.104. The van der Waals surface area contributed by atoms with Crippen LogP contribution in [0.3, 0.4) is 0 Å². The summed E-state index contributed by atoms with van der Waals surface area (Å²) >= 11 is 0. The molecule has 0 unspecified atom stereocenters. The van der Waals surface area contributed by atoms with Crippen molar-refractivity contribution in [3.8, 4) is 0 Å². The quantitative estimate of drug-likeness (QED) is 0.287. The molecule has 0 aromatic heterocycles. The number of ether oxygens (including phenoxy) is 1. The van der Waals surface area contributed by atoms with Gasteiger partial charge >= 0.3 is 0 Å². The van der Waals surface area contributed by atoms with E-state index in [1.165, 1.54) is 0 Å². The second kappa shape index (κ2) is 6.35. The first-order chi connectivity index (χ1) is 4.77. The Kier molecular flexibility index (Phi) is 5.86. The molecule has 0 aromatic rings. The van der Waals surface area contributed by atoms with Crippen molar-refractivity contribution in [2.75, 3.05) is 19.8 Å². The molecule has 0 saturated heterocycles. The van der Waals surface area contributed by atoms with E-state index in [0.29, 0.717) is 0 Å². The van der Waals surface area contributed by atoms with Gasteiger partial charge in [-0.15, -0.1) is 0 Å². The molecule has 0 amide bonds. The molecule has 0 fully saturated rings. The van der Waals surface area contributed by atoms with Gasteiger partial charge in [-0.2, -0.15) is 0 Å². The summed E-state index contributed by atoms with van der Waals surface area (Å²) in [4.78, 5) is 0. The van der Waals surface area contributed by atoms with Crippen LogP contribution in [0.2, 0.25) is 0 Å². The Morgan fingerprint density at radius 2 is 2.40 bits per heavy atom. The number of hydrogen-bond acceptors (Lipinski definition) is 2. The summed E-state index contributed by atoms with van der Waals surface area (Å²) in [6, 6.07) is 0. The van der Waals surface area contributed by atoms with Crippen LogP contribution in [0, 0.1) is 5.41 Å². The highest BCUT2D eigenvalue weighted by atomic mass is 16.5. The van der Waals surface area contributed by atoms with Gasteiger partial charge in [-0.25, -0.2) is 0 Å². The highest BCUT2D eigenvalue weighted by Crippen LogP contribution is 1.78. The van der Waals surface area contributed by atoms with Crippen molar-refractivity contribution in [2.24, 2.45) is 5.73 Å². The number of rotatable bonds is 5. The van der Waals surface area contributed by atoms with Crippen LogP contribution in [0.4, 0.5) is 0 Å². The van der Waals surface area contributed by atoms with Gasteiger partial charge in [0.15, 0.2) is 5.96 Å². The number of hydrogen-bond donors (Lipinski definition) is 3. The van der Waals surface area contributed by atoms with Crippen molar-refractivity contribution in [3.63, 3.8) is 0 Å². The van der Waals surface area contributed by atoms with Crippen LogP contribution in [0.1, 0.15) is 13.3 Å². The first kappa shape index (κ1) is 9.23. The molecule has 0 saturated carbocycles. The van der Waals surface area contributed by atoms with Gasteiger partial charge < -0.3 is 15.8 Å². The molecule has 0 radical (unpaired) electrons. The van der Waals surface area contributed by atoms with Gasteiger partial charge in [-0.05, 0) is 13.3 Å². The Balaban J connectivity index is 2.84. The van der Waals surface area contributed by atoms with Crippen molar-refractivity contribution >= 4 is 5.96 Å². The molecule has 0 rings (SSSR count). The lowest BCUT2D eigenvalue weighted by Crippen LogP contribution is -2.31. The van der Waals surface area contributed by atoms with Gasteiger partial charge in [-0.3, -0.25) is 5.41 Å². The van der Waals surface area contributed by atoms with E-state index in [2.05, 4.69) is 5.32 Å². The van der Waals surface area contributed by atoms with Gasteiger partial charge in [-0.1, -0.05) is 0 Å². The van der Waals surface area contributed by atoms with Crippen molar-refractivity contribution < 1.29 is 4.74 Å². The Hall–Kier alpha value is -0.770.